The minimum atomic E-state index is -0.523. The Kier molecular flexibility index (Phi) is 8.68. The second-order valence-electron chi connectivity index (χ2n) is 10.9. The number of nitrogens with zero attached hydrogens (tertiary/aromatic N) is 3. The van der Waals surface area contributed by atoms with Crippen LogP contribution in [0.15, 0.2) is 53.2 Å². The van der Waals surface area contributed by atoms with Crippen molar-refractivity contribution in [2.45, 2.75) is 78.9 Å². The lowest BCUT2D eigenvalue weighted by atomic mass is 10.00. The molecule has 2 aromatic carbocycles. The molecule has 1 N–H and O–H groups in total. The summed E-state index contributed by atoms with van der Waals surface area (Å²) in [5.74, 6) is 0.227. The topological polar surface area (TPSA) is 90.3 Å². The van der Waals surface area contributed by atoms with Gasteiger partial charge in [0.2, 0.25) is 5.91 Å². The van der Waals surface area contributed by atoms with Gasteiger partial charge in [-0.1, -0.05) is 51.1 Å². The first-order valence-corrected chi connectivity index (χ1v) is 13.9. The predicted molar refractivity (Wildman–Crippen MR) is 154 cm³/mol. The van der Waals surface area contributed by atoms with Crippen molar-refractivity contribution < 1.29 is 19.5 Å². The van der Waals surface area contributed by atoms with Gasteiger partial charge in [0, 0.05) is 37.0 Å². The number of Topliss-reactive ketones (excluding diaryl/α,β-unsaturated/α-hetero) is 1. The molecule has 7 nitrogen and oxygen atoms in total. The summed E-state index contributed by atoms with van der Waals surface area (Å²) < 4.78 is 0. The van der Waals surface area contributed by atoms with Crippen LogP contribution in [0.4, 0.5) is 0 Å². The Balaban J connectivity index is 0.000000202. The number of carbonyl (C=O) groups excluding carboxylic acids is 3. The van der Waals surface area contributed by atoms with Gasteiger partial charge in [0.05, 0.1) is 6.04 Å². The lowest BCUT2D eigenvalue weighted by Gasteiger charge is -2.35. The summed E-state index contributed by atoms with van der Waals surface area (Å²) in [7, 11) is 0. The Morgan fingerprint density at radius 2 is 1.90 bits per heavy atom. The largest absolute Gasteiger partial charge is 0.508 e. The standard InChI is InChI=1S/C19H24N2O3.C13H15NO/c1-12(2)17(19(24)20-10-6-9-16(20)13(3)22)21-11-14-7-4-5-8-15(14)18(21)23;1-3-10-4-5-11(8-13(10)15)12-6-7-14-9(12)2/h4-5,7-8,12,16-17H,6,9-11H2,1-3H3;4-5,7-8,15H,3,6H2,1-2H3. The Bertz CT molecular complexity index is 1330. The molecule has 7 heteroatoms. The molecular weight excluding hydrogens is 490 g/mol. The SMILES string of the molecule is CC(=O)C1CCCN1C(=O)C(C(C)C)N1Cc2ccccc2C1=O.CCc1ccc(C2=C(C)N=CC2)cc1O. The molecule has 0 saturated carbocycles. The highest BCUT2D eigenvalue weighted by Crippen LogP contribution is 2.31. The molecule has 2 amide bonds. The molecule has 0 spiro atoms. The number of allylic oxidation sites excluding steroid dienone is 2. The predicted octanol–water partition coefficient (Wildman–Crippen LogP) is 5.41. The number of phenolic OH excluding ortho intramolecular Hbond substituents is 1. The summed E-state index contributed by atoms with van der Waals surface area (Å²) in [6, 6.07) is 12.5. The lowest BCUT2D eigenvalue weighted by Crippen LogP contribution is -2.53. The summed E-state index contributed by atoms with van der Waals surface area (Å²) in [6.07, 6.45) is 5.21. The summed E-state index contributed by atoms with van der Waals surface area (Å²) in [6.45, 7) is 10.6. The van der Waals surface area contributed by atoms with Crippen molar-refractivity contribution >= 4 is 29.4 Å². The van der Waals surface area contributed by atoms with Crippen LogP contribution in [0.5, 0.6) is 5.75 Å². The van der Waals surface area contributed by atoms with Crippen molar-refractivity contribution in [2.24, 2.45) is 10.9 Å². The van der Waals surface area contributed by atoms with E-state index in [0.717, 1.165) is 48.1 Å². The Morgan fingerprint density at radius 3 is 2.49 bits per heavy atom. The van der Waals surface area contributed by atoms with E-state index < -0.39 is 6.04 Å². The van der Waals surface area contributed by atoms with E-state index in [9.17, 15) is 19.5 Å². The molecule has 206 valence electrons. The van der Waals surface area contributed by atoms with E-state index in [2.05, 4.69) is 11.1 Å². The Labute approximate surface area is 231 Å². The van der Waals surface area contributed by atoms with Crippen LogP contribution in [-0.4, -0.2) is 57.3 Å². The van der Waals surface area contributed by atoms with Gasteiger partial charge in [-0.05, 0) is 73.4 Å². The molecular formula is C32H39N3O4. The molecule has 3 aliphatic heterocycles. The molecule has 1 fully saturated rings. The minimum Gasteiger partial charge on any atom is -0.508 e. The number of aromatic hydroxyl groups is 1. The first-order chi connectivity index (χ1) is 18.6. The maximum absolute atomic E-state index is 13.2. The molecule has 39 heavy (non-hydrogen) atoms. The third-order valence-corrected chi connectivity index (χ3v) is 7.91. The highest BCUT2D eigenvalue weighted by molar-refractivity contribution is 6.01. The zero-order valence-corrected chi connectivity index (χ0v) is 23.6. The number of likely N-dealkylation sites (tertiary alicyclic amines) is 1. The number of aliphatic imine (C=N–C) groups is 1. The fourth-order valence-corrected chi connectivity index (χ4v) is 5.78. The van der Waals surface area contributed by atoms with Gasteiger partial charge in [-0.25, -0.2) is 0 Å². The molecule has 5 rings (SSSR count). The summed E-state index contributed by atoms with van der Waals surface area (Å²) in [5, 5.41) is 9.77. The van der Waals surface area contributed by atoms with Gasteiger partial charge in [0.1, 0.15) is 11.8 Å². The fourth-order valence-electron chi connectivity index (χ4n) is 5.78. The van der Waals surface area contributed by atoms with Crippen molar-refractivity contribution in [2.75, 3.05) is 6.54 Å². The molecule has 3 aliphatic rings. The summed E-state index contributed by atoms with van der Waals surface area (Å²) >= 11 is 0. The lowest BCUT2D eigenvalue weighted by molar-refractivity contribution is -0.142. The van der Waals surface area contributed by atoms with E-state index in [0.29, 0.717) is 24.4 Å². The van der Waals surface area contributed by atoms with E-state index in [1.807, 2.05) is 70.3 Å². The van der Waals surface area contributed by atoms with E-state index in [4.69, 9.17) is 0 Å². The first-order valence-electron chi connectivity index (χ1n) is 13.9. The van der Waals surface area contributed by atoms with Gasteiger partial charge in [0.25, 0.3) is 5.91 Å². The van der Waals surface area contributed by atoms with Gasteiger partial charge < -0.3 is 14.9 Å². The van der Waals surface area contributed by atoms with Crippen molar-refractivity contribution in [3.05, 3.63) is 70.4 Å². The number of amides is 2. The van der Waals surface area contributed by atoms with Gasteiger partial charge in [-0.15, -0.1) is 0 Å². The van der Waals surface area contributed by atoms with Crippen molar-refractivity contribution in [1.29, 1.82) is 0 Å². The average molecular weight is 530 g/mol. The van der Waals surface area contributed by atoms with Crippen LogP contribution in [0.3, 0.4) is 0 Å². The molecule has 0 bridgehead atoms. The second kappa shape index (κ2) is 12.0. The van der Waals surface area contributed by atoms with Crippen LogP contribution >= 0.6 is 0 Å². The number of fused-ring (bicyclic) bond motifs is 1. The quantitative estimate of drug-likeness (QED) is 0.542. The highest BCUT2D eigenvalue weighted by Gasteiger charge is 2.43. The molecule has 0 radical (unpaired) electrons. The fraction of sp³-hybridized carbons (Fsp3) is 0.438. The van der Waals surface area contributed by atoms with E-state index >= 15 is 0 Å². The van der Waals surface area contributed by atoms with Gasteiger partial charge in [-0.3, -0.25) is 19.4 Å². The van der Waals surface area contributed by atoms with Gasteiger partial charge >= 0.3 is 0 Å². The number of carbonyl (C=O) groups is 3. The molecule has 0 aliphatic carbocycles. The molecule has 3 heterocycles. The van der Waals surface area contributed by atoms with Gasteiger partial charge in [-0.2, -0.15) is 0 Å². The van der Waals surface area contributed by atoms with Crippen LogP contribution in [0, 0.1) is 5.92 Å². The maximum Gasteiger partial charge on any atom is 0.255 e. The van der Waals surface area contributed by atoms with Crippen LogP contribution in [-0.2, 0) is 22.6 Å². The number of ketones is 1. The first kappa shape index (κ1) is 28.3. The maximum atomic E-state index is 13.2. The molecule has 1 saturated heterocycles. The monoisotopic (exact) mass is 529 g/mol. The number of benzene rings is 2. The Morgan fingerprint density at radius 1 is 1.15 bits per heavy atom. The summed E-state index contributed by atoms with van der Waals surface area (Å²) in [5.41, 5.74) is 5.99. The van der Waals surface area contributed by atoms with Crippen molar-refractivity contribution in [3.8, 4) is 5.75 Å². The molecule has 2 unspecified atom stereocenters. The van der Waals surface area contributed by atoms with Crippen molar-refractivity contribution in [3.63, 3.8) is 0 Å². The van der Waals surface area contributed by atoms with E-state index in [-0.39, 0.29) is 29.6 Å². The van der Waals surface area contributed by atoms with Gasteiger partial charge in [0.15, 0.2) is 5.78 Å². The zero-order chi connectivity index (χ0) is 28.3. The number of aryl methyl sites for hydroxylation is 1. The van der Waals surface area contributed by atoms with E-state index in [1.165, 1.54) is 12.5 Å². The van der Waals surface area contributed by atoms with Crippen LogP contribution < -0.4 is 0 Å². The molecule has 2 aromatic rings. The van der Waals surface area contributed by atoms with Crippen molar-refractivity contribution in [1.82, 2.24) is 9.80 Å². The normalized spacial score (nSPS) is 18.9. The molecule has 0 aromatic heterocycles. The van der Waals surface area contributed by atoms with Crippen LogP contribution in [0.2, 0.25) is 0 Å². The average Bonchev–Trinajstić information content (AvgIpc) is 3.64. The molecule has 2 atom stereocenters. The zero-order valence-electron chi connectivity index (χ0n) is 23.6. The Hall–Kier alpha value is -3.74. The van der Waals surface area contributed by atoms with Crippen LogP contribution in [0.25, 0.3) is 5.57 Å². The highest BCUT2D eigenvalue weighted by atomic mass is 16.3. The smallest absolute Gasteiger partial charge is 0.255 e. The third kappa shape index (κ3) is 5.82. The summed E-state index contributed by atoms with van der Waals surface area (Å²) in [4.78, 5) is 45.4. The number of hydrogen-bond acceptors (Lipinski definition) is 5. The number of hydrogen-bond donors (Lipinski definition) is 1. The third-order valence-electron chi connectivity index (χ3n) is 7.91. The van der Waals surface area contributed by atoms with Crippen LogP contribution in [0.1, 0.15) is 80.9 Å². The number of rotatable bonds is 6. The minimum absolute atomic E-state index is 0.0102. The van der Waals surface area contributed by atoms with E-state index in [1.54, 1.807) is 9.80 Å². The second-order valence-corrected chi connectivity index (χ2v) is 10.9. The number of phenols is 1.